The Bertz CT molecular complexity index is 774. The van der Waals surface area contributed by atoms with Crippen LogP contribution in [0, 0.1) is 0 Å². The number of nitrogens with zero attached hydrogens (tertiary/aromatic N) is 2. The van der Waals surface area contributed by atoms with E-state index >= 15 is 0 Å². The molecule has 2 saturated heterocycles. The van der Waals surface area contributed by atoms with E-state index in [1.54, 1.807) is 26.0 Å². The number of pyridine rings is 1. The van der Waals surface area contributed by atoms with Crippen molar-refractivity contribution in [3.63, 3.8) is 0 Å². The Labute approximate surface area is 141 Å². The van der Waals surface area contributed by atoms with E-state index in [2.05, 4.69) is 5.32 Å². The maximum atomic E-state index is 12.3. The van der Waals surface area contributed by atoms with Gasteiger partial charge in [0.25, 0.3) is 5.56 Å². The second-order valence-corrected chi connectivity index (χ2v) is 8.08. The van der Waals surface area contributed by atoms with Crippen LogP contribution < -0.4 is 10.9 Å². The number of nitrogens with one attached hydrogen (secondary N) is 1. The fraction of sp³-hybridized carbons (Fsp3) is 0.467. The van der Waals surface area contributed by atoms with E-state index in [0.717, 1.165) is 0 Å². The first-order valence-corrected chi connectivity index (χ1v) is 8.28. The molecule has 0 saturated carbocycles. The molecule has 0 bridgehead atoms. The number of hydrogen-bond donors (Lipinski definition) is 2. The molecular formula is C15H17N3O5S. The van der Waals surface area contributed by atoms with Gasteiger partial charge in [-0.05, 0) is 19.9 Å². The molecule has 0 spiro atoms. The van der Waals surface area contributed by atoms with Gasteiger partial charge in [0.15, 0.2) is 0 Å². The van der Waals surface area contributed by atoms with E-state index in [9.17, 15) is 24.3 Å². The van der Waals surface area contributed by atoms with Crippen molar-refractivity contribution >= 4 is 29.5 Å². The van der Waals surface area contributed by atoms with Gasteiger partial charge in [-0.2, -0.15) is 0 Å². The third-order valence-electron chi connectivity index (χ3n) is 4.20. The number of aliphatic carboxylic acids is 1. The summed E-state index contributed by atoms with van der Waals surface area (Å²) in [5.41, 5.74) is -0.309. The highest BCUT2D eigenvalue weighted by molar-refractivity contribution is 8.01. The fourth-order valence-corrected chi connectivity index (χ4v) is 4.74. The highest BCUT2D eigenvalue weighted by Gasteiger charge is 2.64. The Morgan fingerprint density at radius 1 is 1.33 bits per heavy atom. The summed E-state index contributed by atoms with van der Waals surface area (Å²) in [6.07, 6.45) is 1.49. The predicted octanol–water partition coefficient (Wildman–Crippen LogP) is -0.520. The van der Waals surface area contributed by atoms with Crippen LogP contribution in [-0.4, -0.2) is 54.6 Å². The Kier molecular flexibility index (Phi) is 3.90. The van der Waals surface area contributed by atoms with Crippen LogP contribution in [0.4, 0.5) is 0 Å². The van der Waals surface area contributed by atoms with Gasteiger partial charge < -0.3 is 19.9 Å². The summed E-state index contributed by atoms with van der Waals surface area (Å²) in [7, 11) is 0. The molecule has 3 heterocycles. The zero-order valence-electron chi connectivity index (χ0n) is 13.1. The number of fused-ring (bicyclic) bond motifs is 1. The average Bonchev–Trinajstić information content (AvgIpc) is 2.76. The number of rotatable bonds is 4. The molecule has 128 valence electrons. The lowest BCUT2D eigenvalue weighted by atomic mass is 9.96. The number of carboxylic acid groups (broad SMARTS) is 1. The first kappa shape index (κ1) is 16.6. The highest BCUT2D eigenvalue weighted by atomic mass is 32.2. The molecule has 0 aliphatic carbocycles. The van der Waals surface area contributed by atoms with Crippen molar-refractivity contribution in [3.8, 4) is 0 Å². The molecule has 2 aliphatic rings. The number of thioether (sulfide) groups is 1. The number of carboxylic acids is 1. The number of hydrogen-bond acceptors (Lipinski definition) is 5. The van der Waals surface area contributed by atoms with E-state index in [4.69, 9.17) is 0 Å². The maximum absolute atomic E-state index is 12.3. The van der Waals surface area contributed by atoms with Gasteiger partial charge in [0, 0.05) is 17.0 Å². The van der Waals surface area contributed by atoms with Gasteiger partial charge in [0.1, 0.15) is 24.0 Å². The summed E-state index contributed by atoms with van der Waals surface area (Å²) in [4.78, 5) is 48.7. The van der Waals surface area contributed by atoms with Gasteiger partial charge in [-0.3, -0.25) is 14.4 Å². The number of carbonyl (C=O) groups is 3. The third-order valence-corrected chi connectivity index (χ3v) is 5.78. The number of aromatic nitrogens is 1. The van der Waals surface area contributed by atoms with E-state index in [0.29, 0.717) is 0 Å². The molecule has 1 aromatic rings. The zero-order chi connectivity index (χ0) is 17.6. The topological polar surface area (TPSA) is 109 Å². The third kappa shape index (κ3) is 2.58. The molecule has 2 aliphatic heterocycles. The van der Waals surface area contributed by atoms with Crippen molar-refractivity contribution in [1.29, 1.82) is 0 Å². The summed E-state index contributed by atoms with van der Waals surface area (Å²) in [6, 6.07) is 2.89. The summed E-state index contributed by atoms with van der Waals surface area (Å²) >= 11 is 1.36. The lowest BCUT2D eigenvalue weighted by Gasteiger charge is -2.43. The largest absolute Gasteiger partial charge is 0.480 e. The molecular weight excluding hydrogens is 334 g/mol. The standard InChI is InChI=1S/C15H17N3O5S/c1-15(2)11(14(22)23)18-12(21)10(13(18)24-15)16-8(19)7-17-6-4-3-5-9(17)20/h3-6,10-11,13H,7H2,1-2H3,(H,16,19)(H,22,23)/t10?,11-,13+/m0/s1. The Balaban J connectivity index is 1.69. The van der Waals surface area contributed by atoms with E-state index in [-0.39, 0.29) is 12.1 Å². The van der Waals surface area contributed by atoms with Crippen molar-refractivity contribution < 1.29 is 19.5 Å². The summed E-state index contributed by atoms with van der Waals surface area (Å²) in [5.74, 6) is -1.92. The maximum Gasteiger partial charge on any atom is 0.327 e. The lowest BCUT2D eigenvalue weighted by Crippen LogP contribution is -2.70. The van der Waals surface area contributed by atoms with Gasteiger partial charge >= 0.3 is 5.97 Å². The van der Waals surface area contributed by atoms with E-state index in [1.807, 2.05) is 0 Å². The summed E-state index contributed by atoms with van der Waals surface area (Å²) in [5, 5.41) is 11.6. The van der Waals surface area contributed by atoms with Crippen LogP contribution in [0.2, 0.25) is 0 Å². The first-order chi connectivity index (χ1) is 11.2. The average molecular weight is 351 g/mol. The minimum Gasteiger partial charge on any atom is -0.480 e. The van der Waals surface area contributed by atoms with Crippen LogP contribution in [0.3, 0.4) is 0 Å². The summed E-state index contributed by atoms with van der Waals surface area (Å²) < 4.78 is 0.601. The quantitative estimate of drug-likeness (QED) is 0.707. The highest BCUT2D eigenvalue weighted by Crippen LogP contribution is 2.50. The van der Waals surface area contributed by atoms with Crippen LogP contribution in [0.5, 0.6) is 0 Å². The number of β-lactam (4-membered cyclic amide) rings is 1. The van der Waals surface area contributed by atoms with E-state index in [1.165, 1.54) is 33.5 Å². The molecule has 9 heteroatoms. The minimum absolute atomic E-state index is 0.188. The molecule has 3 atom stereocenters. The van der Waals surface area contributed by atoms with Crippen molar-refractivity contribution in [2.75, 3.05) is 0 Å². The minimum atomic E-state index is -1.05. The van der Waals surface area contributed by atoms with Crippen LogP contribution in [-0.2, 0) is 20.9 Å². The van der Waals surface area contributed by atoms with Gasteiger partial charge in [0.2, 0.25) is 11.8 Å². The summed E-state index contributed by atoms with van der Waals surface area (Å²) in [6.45, 7) is 3.35. The molecule has 24 heavy (non-hydrogen) atoms. The van der Waals surface area contributed by atoms with Crippen LogP contribution >= 0.6 is 11.8 Å². The van der Waals surface area contributed by atoms with Crippen LogP contribution in [0.25, 0.3) is 0 Å². The Morgan fingerprint density at radius 2 is 2.04 bits per heavy atom. The SMILES string of the molecule is CC1(C)S[C@@H]2C(NC(=O)Cn3ccccc3=O)C(=O)N2[C@H]1C(=O)O. The second kappa shape index (κ2) is 5.66. The second-order valence-electron chi connectivity index (χ2n) is 6.31. The van der Waals surface area contributed by atoms with Crippen molar-refractivity contribution in [2.45, 2.75) is 42.6 Å². The van der Waals surface area contributed by atoms with Crippen molar-refractivity contribution in [2.24, 2.45) is 0 Å². The monoisotopic (exact) mass is 351 g/mol. The molecule has 2 amide bonds. The van der Waals surface area contributed by atoms with Crippen molar-refractivity contribution in [1.82, 2.24) is 14.8 Å². The predicted molar refractivity (Wildman–Crippen MR) is 86.4 cm³/mol. The number of amides is 2. The fourth-order valence-electron chi connectivity index (χ4n) is 3.11. The molecule has 2 fully saturated rings. The molecule has 1 aromatic heterocycles. The zero-order valence-corrected chi connectivity index (χ0v) is 13.9. The van der Waals surface area contributed by atoms with Gasteiger partial charge in [0.05, 0.1) is 0 Å². The normalized spacial score (nSPS) is 27.3. The Hall–Kier alpha value is -2.29. The lowest BCUT2D eigenvalue weighted by molar-refractivity contribution is -0.161. The molecule has 0 radical (unpaired) electrons. The van der Waals surface area contributed by atoms with Crippen LogP contribution in [0.15, 0.2) is 29.2 Å². The molecule has 1 unspecified atom stereocenters. The van der Waals surface area contributed by atoms with Crippen molar-refractivity contribution in [3.05, 3.63) is 34.7 Å². The smallest absolute Gasteiger partial charge is 0.327 e. The van der Waals surface area contributed by atoms with E-state index < -0.39 is 40.0 Å². The Morgan fingerprint density at radius 3 is 2.67 bits per heavy atom. The number of carbonyl (C=O) groups excluding carboxylic acids is 2. The van der Waals surface area contributed by atoms with Gasteiger partial charge in [-0.1, -0.05) is 6.07 Å². The van der Waals surface area contributed by atoms with Gasteiger partial charge in [-0.25, -0.2) is 4.79 Å². The molecule has 0 aromatic carbocycles. The first-order valence-electron chi connectivity index (χ1n) is 7.40. The van der Waals surface area contributed by atoms with Gasteiger partial charge in [-0.15, -0.1) is 11.8 Å². The molecule has 2 N–H and O–H groups in total. The van der Waals surface area contributed by atoms with Crippen LogP contribution in [0.1, 0.15) is 13.8 Å². The molecule has 3 rings (SSSR count). The molecule has 8 nitrogen and oxygen atoms in total.